The van der Waals surface area contributed by atoms with Crippen molar-refractivity contribution in [1.29, 1.82) is 0 Å². The second kappa shape index (κ2) is 7.50. The first kappa shape index (κ1) is 18.7. The van der Waals surface area contributed by atoms with Gasteiger partial charge in [0.2, 0.25) is 0 Å². The van der Waals surface area contributed by atoms with E-state index < -0.39 is 0 Å². The monoisotopic (exact) mass is 402 g/mol. The summed E-state index contributed by atoms with van der Waals surface area (Å²) in [6, 6.07) is 12.5. The van der Waals surface area contributed by atoms with Crippen LogP contribution in [0.5, 0.6) is 5.75 Å². The molecule has 0 unspecified atom stereocenters. The molecule has 1 fully saturated rings. The number of nitrogens with one attached hydrogen (secondary N) is 2. The molecule has 2 N–H and O–H groups in total. The number of hydrogen-bond donors (Lipinski definition) is 2. The minimum Gasteiger partial charge on any atom is -0.497 e. The van der Waals surface area contributed by atoms with Crippen LogP contribution in [0.2, 0.25) is 0 Å². The summed E-state index contributed by atoms with van der Waals surface area (Å²) in [7, 11) is 3.85. The molecule has 30 heavy (non-hydrogen) atoms. The zero-order valence-electron chi connectivity index (χ0n) is 17.6. The number of benzene rings is 2. The van der Waals surface area contributed by atoms with Crippen molar-refractivity contribution in [3.05, 3.63) is 48.2 Å². The summed E-state index contributed by atoms with van der Waals surface area (Å²) in [6.45, 7) is 6.46. The van der Waals surface area contributed by atoms with Crippen LogP contribution in [0.4, 0.5) is 17.2 Å². The fourth-order valence-corrected chi connectivity index (χ4v) is 4.07. The lowest BCUT2D eigenvalue weighted by molar-refractivity contribution is 0.313. The van der Waals surface area contributed by atoms with E-state index in [1.165, 1.54) is 11.3 Å². The number of likely N-dealkylation sites (N-methyl/N-ethyl adjacent to an activating group) is 1. The molecule has 4 aromatic rings. The Morgan fingerprint density at radius 3 is 2.63 bits per heavy atom. The first-order valence-electron chi connectivity index (χ1n) is 10.2. The zero-order chi connectivity index (χ0) is 20.7. The molecule has 2 aromatic heterocycles. The Bertz CT molecular complexity index is 1210. The van der Waals surface area contributed by atoms with Crippen LogP contribution in [0, 0.1) is 6.92 Å². The van der Waals surface area contributed by atoms with Gasteiger partial charge in [0.05, 0.1) is 18.8 Å². The van der Waals surface area contributed by atoms with Crippen molar-refractivity contribution < 1.29 is 4.74 Å². The van der Waals surface area contributed by atoms with Gasteiger partial charge in [-0.05, 0) is 55.9 Å². The standard InChI is InChI=1S/C23H26N6O/c1-15-12-16(29-10-8-28(2)9-11-29)4-6-20(15)25-23-22-19(14-24-27-22)18-13-17(30-3)5-7-21(18)26-23/h4-7,12-14H,8-11H2,1-3H3,(H,24,27)(H,25,26). The van der Waals surface area contributed by atoms with E-state index in [9.17, 15) is 0 Å². The van der Waals surface area contributed by atoms with Crippen LogP contribution in [0.1, 0.15) is 5.56 Å². The van der Waals surface area contributed by atoms with Gasteiger partial charge in [0, 0.05) is 48.3 Å². The fraction of sp³-hybridized carbons (Fsp3) is 0.304. The van der Waals surface area contributed by atoms with Crippen molar-refractivity contribution in [2.75, 3.05) is 50.6 Å². The molecule has 0 spiro atoms. The number of nitrogens with zero attached hydrogens (tertiary/aromatic N) is 4. The molecule has 0 aliphatic carbocycles. The number of aromatic amines is 1. The highest BCUT2D eigenvalue weighted by Gasteiger charge is 2.16. The minimum absolute atomic E-state index is 0.774. The van der Waals surface area contributed by atoms with Gasteiger partial charge in [0.25, 0.3) is 0 Å². The molecule has 7 nitrogen and oxygen atoms in total. The zero-order valence-corrected chi connectivity index (χ0v) is 17.6. The summed E-state index contributed by atoms with van der Waals surface area (Å²) >= 11 is 0. The summed E-state index contributed by atoms with van der Waals surface area (Å²) in [6.07, 6.45) is 1.84. The Balaban J connectivity index is 1.48. The topological polar surface area (TPSA) is 69.3 Å². The van der Waals surface area contributed by atoms with Crippen molar-refractivity contribution >= 4 is 39.0 Å². The van der Waals surface area contributed by atoms with Crippen molar-refractivity contribution in [3.8, 4) is 5.75 Å². The van der Waals surface area contributed by atoms with E-state index in [0.717, 1.165) is 65.2 Å². The van der Waals surface area contributed by atoms with Crippen molar-refractivity contribution in [3.63, 3.8) is 0 Å². The fourth-order valence-electron chi connectivity index (χ4n) is 4.07. The van der Waals surface area contributed by atoms with Crippen LogP contribution < -0.4 is 15.0 Å². The average molecular weight is 403 g/mol. The van der Waals surface area contributed by atoms with E-state index in [4.69, 9.17) is 9.72 Å². The highest BCUT2D eigenvalue weighted by atomic mass is 16.5. The molecule has 1 aliphatic rings. The van der Waals surface area contributed by atoms with Crippen LogP contribution in [0.25, 0.3) is 21.8 Å². The van der Waals surface area contributed by atoms with Crippen LogP contribution in [-0.4, -0.2) is 60.4 Å². The van der Waals surface area contributed by atoms with E-state index in [0.29, 0.717) is 0 Å². The maximum absolute atomic E-state index is 5.38. The Morgan fingerprint density at radius 1 is 1.03 bits per heavy atom. The van der Waals surface area contributed by atoms with Gasteiger partial charge in [-0.2, -0.15) is 5.10 Å². The van der Waals surface area contributed by atoms with E-state index in [-0.39, 0.29) is 0 Å². The lowest BCUT2D eigenvalue weighted by Gasteiger charge is -2.34. The Labute approximate surface area is 175 Å². The van der Waals surface area contributed by atoms with Gasteiger partial charge < -0.3 is 19.9 Å². The van der Waals surface area contributed by atoms with Crippen molar-refractivity contribution in [2.45, 2.75) is 6.92 Å². The molecule has 1 saturated heterocycles. The van der Waals surface area contributed by atoms with Gasteiger partial charge in [-0.1, -0.05) is 0 Å². The molecule has 5 rings (SSSR count). The molecule has 1 aliphatic heterocycles. The number of rotatable bonds is 4. The maximum atomic E-state index is 5.38. The van der Waals surface area contributed by atoms with Gasteiger partial charge >= 0.3 is 0 Å². The number of piperazine rings is 1. The van der Waals surface area contributed by atoms with E-state index in [2.05, 4.69) is 57.5 Å². The Kier molecular flexibility index (Phi) is 4.67. The lowest BCUT2D eigenvalue weighted by Crippen LogP contribution is -2.44. The molecule has 0 atom stereocenters. The smallest absolute Gasteiger partial charge is 0.157 e. The Morgan fingerprint density at radius 2 is 1.87 bits per heavy atom. The van der Waals surface area contributed by atoms with Crippen LogP contribution >= 0.6 is 0 Å². The third-order valence-electron chi connectivity index (χ3n) is 5.93. The minimum atomic E-state index is 0.774. The van der Waals surface area contributed by atoms with Gasteiger partial charge in [-0.15, -0.1) is 0 Å². The van der Waals surface area contributed by atoms with Gasteiger partial charge in [0.15, 0.2) is 5.82 Å². The van der Waals surface area contributed by atoms with Crippen LogP contribution in [0.15, 0.2) is 42.6 Å². The maximum Gasteiger partial charge on any atom is 0.157 e. The molecule has 0 bridgehead atoms. The van der Waals surface area contributed by atoms with Crippen LogP contribution in [0.3, 0.4) is 0 Å². The van der Waals surface area contributed by atoms with Gasteiger partial charge in [-0.3, -0.25) is 5.10 Å². The number of anilines is 3. The molecular formula is C23H26N6O. The highest BCUT2D eigenvalue weighted by Crippen LogP contribution is 2.33. The van der Waals surface area contributed by atoms with Gasteiger partial charge in [0.1, 0.15) is 11.3 Å². The third kappa shape index (κ3) is 3.31. The first-order chi connectivity index (χ1) is 14.6. The number of H-pyrrole nitrogens is 1. The van der Waals surface area contributed by atoms with Gasteiger partial charge in [-0.25, -0.2) is 4.98 Å². The first-order valence-corrected chi connectivity index (χ1v) is 10.2. The van der Waals surface area contributed by atoms with Crippen molar-refractivity contribution in [2.24, 2.45) is 0 Å². The number of aryl methyl sites for hydroxylation is 1. The molecular weight excluding hydrogens is 376 g/mol. The molecule has 3 heterocycles. The summed E-state index contributed by atoms with van der Waals surface area (Å²) in [5.41, 5.74) is 5.30. The second-order valence-corrected chi connectivity index (χ2v) is 7.92. The number of methoxy groups -OCH3 is 1. The lowest BCUT2D eigenvalue weighted by atomic mass is 10.1. The summed E-state index contributed by atoms with van der Waals surface area (Å²) in [5.74, 6) is 1.58. The molecule has 2 aromatic carbocycles. The number of hydrogen-bond acceptors (Lipinski definition) is 6. The molecule has 0 amide bonds. The number of aromatic nitrogens is 3. The van der Waals surface area contributed by atoms with Crippen LogP contribution in [-0.2, 0) is 0 Å². The normalized spacial score (nSPS) is 15.1. The quantitative estimate of drug-likeness (QED) is 0.539. The molecule has 0 saturated carbocycles. The molecule has 154 valence electrons. The van der Waals surface area contributed by atoms with E-state index in [1.807, 2.05) is 24.4 Å². The second-order valence-electron chi connectivity index (χ2n) is 7.92. The number of ether oxygens (including phenoxy) is 1. The summed E-state index contributed by atoms with van der Waals surface area (Å²) < 4.78 is 5.38. The van der Waals surface area contributed by atoms with Crippen molar-refractivity contribution in [1.82, 2.24) is 20.1 Å². The van der Waals surface area contributed by atoms with E-state index >= 15 is 0 Å². The number of fused-ring (bicyclic) bond motifs is 3. The predicted molar refractivity (Wildman–Crippen MR) is 122 cm³/mol. The van der Waals surface area contributed by atoms with E-state index in [1.54, 1.807) is 7.11 Å². The summed E-state index contributed by atoms with van der Waals surface area (Å²) in [4.78, 5) is 9.68. The molecule has 7 heteroatoms. The SMILES string of the molecule is COc1ccc2nc(Nc3ccc(N4CCN(C)CC4)cc3C)c3[nH]ncc3c2c1. The summed E-state index contributed by atoms with van der Waals surface area (Å²) in [5, 5.41) is 12.9. The average Bonchev–Trinajstić information content (AvgIpc) is 3.26. The largest absolute Gasteiger partial charge is 0.497 e. The highest BCUT2D eigenvalue weighted by molar-refractivity contribution is 6.09. The number of pyridine rings is 1. The Hall–Kier alpha value is -3.32. The molecule has 0 radical (unpaired) electrons. The third-order valence-corrected chi connectivity index (χ3v) is 5.93. The predicted octanol–water partition coefficient (Wildman–Crippen LogP) is 3.92.